The van der Waals surface area contributed by atoms with Crippen molar-refractivity contribution in [3.8, 4) is 0 Å². The highest BCUT2D eigenvalue weighted by Gasteiger charge is 2.13. The summed E-state index contributed by atoms with van der Waals surface area (Å²) in [4.78, 5) is 1.24. The molecular weight excluding hydrogens is 228 g/mol. The zero-order chi connectivity index (χ0) is 13.1. The molecule has 1 rings (SSSR count). The van der Waals surface area contributed by atoms with Gasteiger partial charge in [-0.1, -0.05) is 39.8 Å². The first-order chi connectivity index (χ1) is 7.80. The van der Waals surface area contributed by atoms with Crippen LogP contribution >= 0.6 is 11.8 Å². The molecule has 0 saturated carbocycles. The summed E-state index contributed by atoms with van der Waals surface area (Å²) in [5, 5.41) is 7.35. The maximum atomic E-state index is 7.35. The Balaban J connectivity index is 2.60. The Hall–Kier alpha value is -0.960. The van der Waals surface area contributed by atoms with Gasteiger partial charge in [0.1, 0.15) is 0 Å². The summed E-state index contributed by atoms with van der Waals surface area (Å²) in [6, 6.07) is 8.66. The molecule has 3 heteroatoms. The van der Waals surface area contributed by atoms with Crippen molar-refractivity contribution in [3.63, 3.8) is 0 Å². The van der Waals surface area contributed by atoms with E-state index in [1.165, 1.54) is 10.5 Å². The van der Waals surface area contributed by atoms with Crippen LogP contribution in [-0.4, -0.2) is 11.6 Å². The average molecular weight is 250 g/mol. The predicted octanol–water partition coefficient (Wildman–Crippen LogP) is 3.65. The van der Waals surface area contributed by atoms with Crippen molar-refractivity contribution in [1.29, 1.82) is 5.41 Å². The molecule has 1 aromatic rings. The summed E-state index contributed by atoms with van der Waals surface area (Å²) >= 11 is 1.76. The second-order valence-corrected chi connectivity index (χ2v) is 6.54. The van der Waals surface area contributed by atoms with E-state index < -0.39 is 0 Å². The van der Waals surface area contributed by atoms with Gasteiger partial charge in [-0.25, -0.2) is 0 Å². The molecule has 0 bridgehead atoms. The van der Waals surface area contributed by atoms with Crippen molar-refractivity contribution in [2.75, 3.05) is 5.75 Å². The smallest absolute Gasteiger partial charge is 0.0942 e. The highest BCUT2D eigenvalue weighted by atomic mass is 32.2. The standard InChI is InChI=1S/C14H22N2S/c1-10(13(15)16)9-17-12-7-5-11(6-8-12)14(2,3)4/h5-8,10H,9H2,1-4H3,(H3,15,16). The van der Waals surface area contributed by atoms with Crippen LogP contribution in [0.25, 0.3) is 0 Å². The van der Waals surface area contributed by atoms with E-state index in [1.807, 2.05) is 6.92 Å². The number of hydrogen-bond donors (Lipinski definition) is 2. The van der Waals surface area contributed by atoms with Gasteiger partial charge in [0, 0.05) is 16.6 Å². The summed E-state index contributed by atoms with van der Waals surface area (Å²) in [5.74, 6) is 1.27. The molecule has 2 nitrogen and oxygen atoms in total. The van der Waals surface area contributed by atoms with E-state index >= 15 is 0 Å². The van der Waals surface area contributed by atoms with Gasteiger partial charge in [0.15, 0.2) is 0 Å². The summed E-state index contributed by atoms with van der Waals surface area (Å²) in [5.41, 5.74) is 7.00. The topological polar surface area (TPSA) is 49.9 Å². The van der Waals surface area contributed by atoms with Crippen molar-refractivity contribution in [2.45, 2.75) is 38.0 Å². The Labute approximate surface area is 108 Å². The second kappa shape index (κ2) is 5.58. The normalized spacial score (nSPS) is 13.4. The molecule has 0 aliphatic carbocycles. The van der Waals surface area contributed by atoms with Crippen LogP contribution in [-0.2, 0) is 5.41 Å². The maximum absolute atomic E-state index is 7.35. The summed E-state index contributed by atoms with van der Waals surface area (Å²) in [6.45, 7) is 8.63. The predicted molar refractivity (Wildman–Crippen MR) is 76.9 cm³/mol. The molecule has 1 unspecified atom stereocenters. The highest BCUT2D eigenvalue weighted by Crippen LogP contribution is 2.26. The average Bonchev–Trinajstić information content (AvgIpc) is 2.25. The number of nitrogens with one attached hydrogen (secondary N) is 1. The molecule has 1 aromatic carbocycles. The van der Waals surface area contributed by atoms with Gasteiger partial charge in [0.2, 0.25) is 0 Å². The zero-order valence-corrected chi connectivity index (χ0v) is 11.9. The monoisotopic (exact) mass is 250 g/mol. The second-order valence-electron chi connectivity index (χ2n) is 5.44. The fourth-order valence-electron chi connectivity index (χ4n) is 1.36. The molecular formula is C14H22N2S. The first kappa shape index (κ1) is 14.1. The molecule has 0 aliphatic heterocycles. The third-order valence-corrected chi connectivity index (χ3v) is 4.02. The van der Waals surface area contributed by atoms with E-state index in [0.717, 1.165) is 5.75 Å². The highest BCUT2D eigenvalue weighted by molar-refractivity contribution is 7.99. The summed E-state index contributed by atoms with van der Waals surface area (Å²) in [7, 11) is 0. The molecule has 17 heavy (non-hydrogen) atoms. The number of nitrogens with two attached hydrogens (primary N) is 1. The SMILES string of the molecule is CC(CSc1ccc(C(C)(C)C)cc1)C(=N)N. The Morgan fingerprint density at radius 3 is 2.24 bits per heavy atom. The fraction of sp³-hybridized carbons (Fsp3) is 0.500. The first-order valence-corrected chi connectivity index (χ1v) is 6.86. The van der Waals surface area contributed by atoms with Gasteiger partial charge in [-0.3, -0.25) is 5.41 Å². The minimum Gasteiger partial charge on any atom is -0.387 e. The van der Waals surface area contributed by atoms with Gasteiger partial charge in [-0.2, -0.15) is 0 Å². The van der Waals surface area contributed by atoms with Gasteiger partial charge < -0.3 is 5.73 Å². The van der Waals surface area contributed by atoms with Gasteiger partial charge in [-0.05, 0) is 23.1 Å². The molecule has 0 spiro atoms. The minimum absolute atomic E-state index is 0.141. The van der Waals surface area contributed by atoms with Gasteiger partial charge >= 0.3 is 0 Å². The largest absolute Gasteiger partial charge is 0.387 e. The fourth-order valence-corrected chi connectivity index (χ4v) is 2.31. The van der Waals surface area contributed by atoms with E-state index in [9.17, 15) is 0 Å². The van der Waals surface area contributed by atoms with Crippen LogP contribution in [0.2, 0.25) is 0 Å². The van der Waals surface area contributed by atoms with E-state index in [4.69, 9.17) is 11.1 Å². The maximum Gasteiger partial charge on any atom is 0.0942 e. The zero-order valence-electron chi connectivity index (χ0n) is 11.1. The quantitative estimate of drug-likeness (QED) is 0.487. The molecule has 0 heterocycles. The van der Waals surface area contributed by atoms with E-state index in [1.54, 1.807) is 11.8 Å². The van der Waals surface area contributed by atoms with Crippen molar-refractivity contribution in [3.05, 3.63) is 29.8 Å². The van der Waals surface area contributed by atoms with Crippen LogP contribution in [0.4, 0.5) is 0 Å². The Bertz CT molecular complexity index is 376. The lowest BCUT2D eigenvalue weighted by atomic mass is 9.87. The van der Waals surface area contributed by atoms with E-state index in [-0.39, 0.29) is 17.2 Å². The van der Waals surface area contributed by atoms with Gasteiger partial charge in [-0.15, -0.1) is 11.8 Å². The molecule has 1 atom stereocenters. The van der Waals surface area contributed by atoms with Crippen LogP contribution in [0.15, 0.2) is 29.2 Å². The number of amidine groups is 1. The molecule has 0 aliphatic rings. The van der Waals surface area contributed by atoms with Crippen LogP contribution in [0.3, 0.4) is 0 Å². The van der Waals surface area contributed by atoms with Crippen molar-refractivity contribution >= 4 is 17.6 Å². The van der Waals surface area contributed by atoms with Crippen molar-refractivity contribution in [1.82, 2.24) is 0 Å². The van der Waals surface area contributed by atoms with Crippen LogP contribution < -0.4 is 5.73 Å². The first-order valence-electron chi connectivity index (χ1n) is 5.88. The molecule has 0 amide bonds. The van der Waals surface area contributed by atoms with Crippen LogP contribution in [0.1, 0.15) is 33.3 Å². The van der Waals surface area contributed by atoms with Gasteiger partial charge in [0.25, 0.3) is 0 Å². The number of benzene rings is 1. The van der Waals surface area contributed by atoms with Crippen LogP contribution in [0.5, 0.6) is 0 Å². The summed E-state index contributed by atoms with van der Waals surface area (Å²) < 4.78 is 0. The van der Waals surface area contributed by atoms with Gasteiger partial charge in [0.05, 0.1) is 5.84 Å². The van der Waals surface area contributed by atoms with Crippen molar-refractivity contribution in [2.24, 2.45) is 11.7 Å². The number of hydrogen-bond acceptors (Lipinski definition) is 2. The van der Waals surface area contributed by atoms with Crippen LogP contribution in [0, 0.1) is 11.3 Å². The molecule has 3 N–H and O–H groups in total. The third-order valence-electron chi connectivity index (χ3n) is 2.75. The lowest BCUT2D eigenvalue weighted by molar-refractivity contribution is 0.590. The Morgan fingerprint density at radius 1 is 1.29 bits per heavy atom. The molecule has 94 valence electrons. The number of rotatable bonds is 4. The lowest BCUT2D eigenvalue weighted by Gasteiger charge is -2.19. The molecule has 0 saturated heterocycles. The lowest BCUT2D eigenvalue weighted by Crippen LogP contribution is -2.21. The number of thioether (sulfide) groups is 1. The van der Waals surface area contributed by atoms with E-state index in [0.29, 0.717) is 0 Å². The van der Waals surface area contributed by atoms with Crippen molar-refractivity contribution < 1.29 is 0 Å². The Kier molecular flexibility index (Phi) is 4.63. The minimum atomic E-state index is 0.141. The third kappa shape index (κ3) is 4.43. The Morgan fingerprint density at radius 2 is 1.82 bits per heavy atom. The molecule has 0 aromatic heterocycles. The van der Waals surface area contributed by atoms with E-state index in [2.05, 4.69) is 45.0 Å². The molecule has 0 radical (unpaired) electrons. The summed E-state index contributed by atoms with van der Waals surface area (Å²) in [6.07, 6.45) is 0. The molecule has 0 fully saturated rings.